The highest BCUT2D eigenvalue weighted by atomic mass is 32.1. The van der Waals surface area contributed by atoms with Crippen LogP contribution in [0.5, 0.6) is 0 Å². The van der Waals surface area contributed by atoms with Crippen LogP contribution in [-0.2, 0) is 11.2 Å². The molecule has 30 heavy (non-hydrogen) atoms. The van der Waals surface area contributed by atoms with Gasteiger partial charge in [-0.1, -0.05) is 37.3 Å². The quantitative estimate of drug-likeness (QED) is 0.360. The highest BCUT2D eigenvalue weighted by molar-refractivity contribution is 7.13. The number of fused-ring (bicyclic) bond motifs is 1. The summed E-state index contributed by atoms with van der Waals surface area (Å²) in [4.78, 5) is 25.0. The number of hydrogen-bond donors (Lipinski definition) is 2. The molecule has 2 aromatic carbocycles. The molecule has 2 N–H and O–H groups in total. The van der Waals surface area contributed by atoms with E-state index in [0.717, 1.165) is 49.4 Å². The zero-order valence-electron chi connectivity index (χ0n) is 16.9. The van der Waals surface area contributed by atoms with Gasteiger partial charge in [0.2, 0.25) is 0 Å². The van der Waals surface area contributed by atoms with Gasteiger partial charge in [0.1, 0.15) is 11.3 Å². The summed E-state index contributed by atoms with van der Waals surface area (Å²) in [7, 11) is 0. The van der Waals surface area contributed by atoms with E-state index in [1.54, 1.807) is 12.3 Å². The van der Waals surface area contributed by atoms with Gasteiger partial charge in [0.25, 0.3) is 5.91 Å². The van der Waals surface area contributed by atoms with E-state index in [4.69, 9.17) is 9.72 Å². The van der Waals surface area contributed by atoms with Crippen molar-refractivity contribution in [3.63, 3.8) is 0 Å². The number of imidazole rings is 1. The molecule has 0 bridgehead atoms. The fraction of sp³-hybridized carbons (Fsp3) is 0.261. The normalized spacial score (nSPS) is 11.1. The summed E-state index contributed by atoms with van der Waals surface area (Å²) in [5.74, 6) is 0.555. The van der Waals surface area contributed by atoms with Gasteiger partial charge in [-0.3, -0.25) is 10.1 Å². The minimum absolute atomic E-state index is 0.213. The van der Waals surface area contributed by atoms with E-state index in [1.165, 1.54) is 16.9 Å². The first kappa shape index (κ1) is 20.3. The van der Waals surface area contributed by atoms with Gasteiger partial charge in [-0.25, -0.2) is 9.97 Å². The van der Waals surface area contributed by atoms with Gasteiger partial charge < -0.3 is 9.72 Å². The maximum Gasteiger partial charge on any atom is 0.259 e. The molecule has 0 saturated heterocycles. The van der Waals surface area contributed by atoms with Crippen molar-refractivity contribution in [2.24, 2.45) is 0 Å². The van der Waals surface area contributed by atoms with E-state index in [1.807, 2.05) is 29.6 Å². The van der Waals surface area contributed by atoms with Crippen molar-refractivity contribution in [1.29, 1.82) is 0 Å². The molecule has 1 amide bonds. The minimum Gasteiger partial charge on any atom is -0.381 e. The molecule has 6 nitrogen and oxygen atoms in total. The van der Waals surface area contributed by atoms with Gasteiger partial charge >= 0.3 is 0 Å². The number of aromatic nitrogens is 3. The Morgan fingerprint density at radius 2 is 2.07 bits per heavy atom. The zero-order valence-corrected chi connectivity index (χ0v) is 17.7. The van der Waals surface area contributed by atoms with Crippen molar-refractivity contribution in [3.8, 4) is 11.4 Å². The summed E-state index contributed by atoms with van der Waals surface area (Å²) in [6.07, 6.45) is 4.57. The molecule has 0 fully saturated rings. The molecule has 4 aromatic rings. The highest BCUT2D eigenvalue weighted by Crippen LogP contribution is 2.27. The number of hydrogen-bond acceptors (Lipinski definition) is 5. The van der Waals surface area contributed by atoms with Crippen LogP contribution >= 0.6 is 11.3 Å². The summed E-state index contributed by atoms with van der Waals surface area (Å²) >= 11 is 1.39. The van der Waals surface area contributed by atoms with Gasteiger partial charge in [0, 0.05) is 30.4 Å². The molecular formula is C23H24N4O2S. The molecule has 0 radical (unpaired) electrons. The second-order valence-electron chi connectivity index (χ2n) is 6.95. The molecule has 0 aliphatic heterocycles. The number of nitrogens with zero attached hydrogens (tertiary/aromatic N) is 2. The maximum absolute atomic E-state index is 12.8. The molecule has 0 atom stereocenters. The second kappa shape index (κ2) is 9.65. The topological polar surface area (TPSA) is 79.9 Å². The number of H-pyrrole nitrogens is 1. The van der Waals surface area contributed by atoms with E-state index in [9.17, 15) is 4.79 Å². The Bertz CT molecular complexity index is 1120. The van der Waals surface area contributed by atoms with Crippen LogP contribution in [0.3, 0.4) is 0 Å². The zero-order chi connectivity index (χ0) is 20.8. The average molecular weight is 421 g/mol. The van der Waals surface area contributed by atoms with Crippen LogP contribution in [0.25, 0.3) is 22.4 Å². The standard InChI is InChI=1S/C23H24N4O2S/c1-2-13-29-14-6-8-16-7-3-4-9-17(16)21-25-19-11-5-10-18(20(19)26-21)22(28)27-23-24-12-15-30-23/h3-5,7,9-12,15H,2,6,8,13-14H2,1H3,(H,25,26)(H,24,27,28). The summed E-state index contributed by atoms with van der Waals surface area (Å²) in [6.45, 7) is 3.67. The van der Waals surface area contributed by atoms with Crippen LogP contribution in [0.2, 0.25) is 0 Å². The summed E-state index contributed by atoms with van der Waals surface area (Å²) in [5, 5.41) is 5.24. The molecule has 0 aliphatic rings. The number of aromatic amines is 1. The van der Waals surface area contributed by atoms with Crippen molar-refractivity contribution < 1.29 is 9.53 Å². The lowest BCUT2D eigenvalue weighted by Gasteiger charge is -2.07. The predicted octanol–water partition coefficient (Wildman–Crippen LogP) is 5.30. The number of nitrogens with one attached hydrogen (secondary N) is 2. The fourth-order valence-corrected chi connectivity index (χ4v) is 3.90. The maximum atomic E-state index is 12.8. The van der Waals surface area contributed by atoms with Gasteiger partial charge in [-0.15, -0.1) is 11.3 Å². The molecule has 154 valence electrons. The Labute approximate surface area is 179 Å². The Kier molecular flexibility index (Phi) is 6.51. The average Bonchev–Trinajstić information content (AvgIpc) is 3.43. The molecule has 0 aliphatic carbocycles. The van der Waals surface area contributed by atoms with Crippen LogP contribution in [0.1, 0.15) is 35.7 Å². The number of carbonyl (C=O) groups excluding carboxylic acids is 1. The molecule has 0 saturated carbocycles. The third-order valence-electron chi connectivity index (χ3n) is 4.77. The first-order valence-electron chi connectivity index (χ1n) is 10.1. The third kappa shape index (κ3) is 4.58. The number of carbonyl (C=O) groups is 1. The van der Waals surface area contributed by atoms with Gasteiger partial charge in [0.15, 0.2) is 5.13 Å². The number of amides is 1. The highest BCUT2D eigenvalue weighted by Gasteiger charge is 2.16. The third-order valence-corrected chi connectivity index (χ3v) is 5.45. The van der Waals surface area contributed by atoms with E-state index in [2.05, 4.69) is 34.3 Å². The van der Waals surface area contributed by atoms with Crippen molar-refractivity contribution >= 4 is 33.4 Å². The Morgan fingerprint density at radius 3 is 2.90 bits per heavy atom. The first-order valence-corrected chi connectivity index (χ1v) is 11.0. The summed E-state index contributed by atoms with van der Waals surface area (Å²) in [5.41, 5.74) is 4.28. The van der Waals surface area contributed by atoms with E-state index in [-0.39, 0.29) is 5.91 Å². The SMILES string of the molecule is CCCOCCCc1ccccc1-c1nc2c(C(=O)Nc3nccs3)cccc2[nH]1. The molecule has 2 heterocycles. The minimum atomic E-state index is -0.213. The number of para-hydroxylation sites is 1. The van der Waals surface area contributed by atoms with Crippen molar-refractivity contribution in [3.05, 3.63) is 65.2 Å². The van der Waals surface area contributed by atoms with E-state index < -0.39 is 0 Å². The second-order valence-corrected chi connectivity index (χ2v) is 7.85. The molecule has 7 heteroatoms. The summed E-state index contributed by atoms with van der Waals surface area (Å²) in [6, 6.07) is 13.8. The van der Waals surface area contributed by atoms with Gasteiger partial charge in [-0.2, -0.15) is 0 Å². The molecular weight excluding hydrogens is 396 g/mol. The van der Waals surface area contributed by atoms with Crippen LogP contribution in [0, 0.1) is 0 Å². The van der Waals surface area contributed by atoms with E-state index >= 15 is 0 Å². The van der Waals surface area contributed by atoms with Crippen LogP contribution in [0.15, 0.2) is 54.0 Å². The first-order chi connectivity index (χ1) is 14.8. The molecule has 0 spiro atoms. The van der Waals surface area contributed by atoms with Crippen LogP contribution in [-0.4, -0.2) is 34.1 Å². The van der Waals surface area contributed by atoms with Crippen molar-refractivity contribution in [1.82, 2.24) is 15.0 Å². The number of anilines is 1. The number of rotatable bonds is 9. The lowest BCUT2D eigenvalue weighted by molar-refractivity contribution is 0.102. The lowest BCUT2D eigenvalue weighted by Crippen LogP contribution is -2.12. The Hall–Kier alpha value is -3.03. The fourth-order valence-electron chi connectivity index (χ4n) is 3.37. The number of benzene rings is 2. The lowest BCUT2D eigenvalue weighted by atomic mass is 10.0. The van der Waals surface area contributed by atoms with Crippen molar-refractivity contribution in [2.45, 2.75) is 26.2 Å². The largest absolute Gasteiger partial charge is 0.381 e. The monoisotopic (exact) mass is 420 g/mol. The number of thiazole rings is 1. The molecule has 0 unspecified atom stereocenters. The number of aryl methyl sites for hydroxylation is 1. The Balaban J connectivity index is 1.59. The molecule has 2 aromatic heterocycles. The molecule has 4 rings (SSSR count). The Morgan fingerprint density at radius 1 is 1.17 bits per heavy atom. The van der Waals surface area contributed by atoms with Gasteiger partial charge in [-0.05, 0) is 37.0 Å². The number of ether oxygens (including phenoxy) is 1. The van der Waals surface area contributed by atoms with Gasteiger partial charge in [0.05, 0.1) is 11.1 Å². The predicted molar refractivity (Wildman–Crippen MR) is 121 cm³/mol. The van der Waals surface area contributed by atoms with E-state index in [0.29, 0.717) is 16.2 Å². The summed E-state index contributed by atoms with van der Waals surface area (Å²) < 4.78 is 5.61. The van der Waals surface area contributed by atoms with Crippen LogP contribution in [0.4, 0.5) is 5.13 Å². The van der Waals surface area contributed by atoms with Crippen molar-refractivity contribution in [2.75, 3.05) is 18.5 Å². The smallest absolute Gasteiger partial charge is 0.259 e. The van der Waals surface area contributed by atoms with Crippen LogP contribution < -0.4 is 5.32 Å².